The molecule has 1 aromatic carbocycles. The van der Waals surface area contributed by atoms with Gasteiger partial charge >= 0.3 is 0 Å². The molecule has 2 aromatic heterocycles. The van der Waals surface area contributed by atoms with Gasteiger partial charge in [0.05, 0.1) is 23.1 Å². The summed E-state index contributed by atoms with van der Waals surface area (Å²) in [6.45, 7) is 3.99. The van der Waals surface area contributed by atoms with Gasteiger partial charge in [-0.15, -0.1) is 11.3 Å². The topological polar surface area (TPSA) is 59.8 Å². The van der Waals surface area contributed by atoms with Gasteiger partial charge < -0.3 is 0 Å². The lowest BCUT2D eigenvalue weighted by Crippen LogP contribution is -2.13. The van der Waals surface area contributed by atoms with Gasteiger partial charge in [-0.25, -0.2) is 14.1 Å². The fourth-order valence-corrected chi connectivity index (χ4v) is 4.42. The third kappa shape index (κ3) is 3.03. The molecule has 1 amide bonds. The number of rotatable bonds is 3. The van der Waals surface area contributed by atoms with Crippen molar-refractivity contribution in [1.29, 1.82) is 0 Å². The number of benzene rings is 1. The third-order valence-electron chi connectivity index (χ3n) is 4.74. The lowest BCUT2D eigenvalue weighted by Gasteiger charge is -2.15. The van der Waals surface area contributed by atoms with Crippen LogP contribution in [-0.2, 0) is 12.8 Å². The van der Waals surface area contributed by atoms with Crippen molar-refractivity contribution in [3.05, 3.63) is 58.1 Å². The minimum absolute atomic E-state index is 0.274. The van der Waals surface area contributed by atoms with Crippen molar-refractivity contribution >= 4 is 22.4 Å². The van der Waals surface area contributed by atoms with E-state index in [1.165, 1.54) is 21.8 Å². The van der Waals surface area contributed by atoms with Gasteiger partial charge in [-0.05, 0) is 44.2 Å². The summed E-state index contributed by atoms with van der Waals surface area (Å²) in [4.78, 5) is 18.5. The summed E-state index contributed by atoms with van der Waals surface area (Å²) >= 11 is 1.54. The maximum atomic E-state index is 14.0. The zero-order valence-corrected chi connectivity index (χ0v) is 15.4. The van der Waals surface area contributed by atoms with E-state index in [-0.39, 0.29) is 11.7 Å². The summed E-state index contributed by atoms with van der Waals surface area (Å²) in [6.07, 6.45) is 4.59. The summed E-state index contributed by atoms with van der Waals surface area (Å²) in [6, 6.07) is 6.36. The van der Waals surface area contributed by atoms with E-state index in [0.29, 0.717) is 28.0 Å². The number of carbonyl (C=O) groups is 1. The number of nitrogens with zero attached hydrogens (tertiary/aromatic N) is 3. The Kier molecular flexibility index (Phi) is 4.32. The molecule has 26 heavy (non-hydrogen) atoms. The van der Waals surface area contributed by atoms with Crippen molar-refractivity contribution < 1.29 is 9.18 Å². The number of hydrogen-bond donors (Lipinski definition) is 1. The molecule has 134 valence electrons. The molecule has 0 saturated heterocycles. The Morgan fingerprint density at radius 1 is 1.38 bits per heavy atom. The molecule has 0 saturated carbocycles. The fourth-order valence-electron chi connectivity index (χ4n) is 3.26. The molecule has 0 bridgehead atoms. The van der Waals surface area contributed by atoms with Gasteiger partial charge in [0, 0.05) is 4.88 Å². The molecule has 0 aliphatic heterocycles. The molecule has 1 aliphatic carbocycles. The maximum absolute atomic E-state index is 14.0. The van der Waals surface area contributed by atoms with Crippen LogP contribution >= 0.6 is 11.3 Å². The highest BCUT2D eigenvalue weighted by Crippen LogP contribution is 2.32. The van der Waals surface area contributed by atoms with Crippen LogP contribution in [0.1, 0.15) is 40.0 Å². The largest absolute Gasteiger partial charge is 0.298 e. The van der Waals surface area contributed by atoms with Crippen molar-refractivity contribution in [2.24, 2.45) is 5.92 Å². The molecule has 0 fully saturated rings. The summed E-state index contributed by atoms with van der Waals surface area (Å²) in [5, 5.41) is 7.67. The predicted molar refractivity (Wildman–Crippen MR) is 99.5 cm³/mol. The first kappa shape index (κ1) is 16.9. The highest BCUT2D eigenvalue weighted by atomic mass is 32.1. The van der Waals surface area contributed by atoms with Crippen molar-refractivity contribution in [2.75, 3.05) is 5.32 Å². The molecule has 4 rings (SSSR count). The van der Waals surface area contributed by atoms with Gasteiger partial charge in [0.15, 0.2) is 5.13 Å². The zero-order chi connectivity index (χ0) is 18.3. The Balaban J connectivity index is 1.57. The van der Waals surface area contributed by atoms with E-state index < -0.39 is 0 Å². The van der Waals surface area contributed by atoms with Crippen LogP contribution in [0.5, 0.6) is 0 Å². The number of aryl methyl sites for hydroxylation is 1. The molecule has 1 N–H and O–H groups in total. The van der Waals surface area contributed by atoms with Crippen LogP contribution in [-0.4, -0.2) is 20.7 Å². The van der Waals surface area contributed by atoms with Crippen molar-refractivity contribution in [3.63, 3.8) is 0 Å². The molecule has 7 heteroatoms. The summed E-state index contributed by atoms with van der Waals surface area (Å²) in [7, 11) is 0. The second kappa shape index (κ2) is 6.64. The summed E-state index contributed by atoms with van der Waals surface area (Å²) in [5.74, 6) is 0.00404. The minimum Gasteiger partial charge on any atom is -0.298 e. The zero-order valence-electron chi connectivity index (χ0n) is 14.6. The molecule has 3 aromatic rings. The Labute approximate surface area is 154 Å². The number of hydrogen-bond acceptors (Lipinski definition) is 4. The normalized spacial score (nSPS) is 16.3. The first-order valence-electron chi connectivity index (χ1n) is 8.62. The average molecular weight is 370 g/mol. The molecule has 0 spiro atoms. The number of carbonyl (C=O) groups excluding carboxylic acids is 1. The van der Waals surface area contributed by atoms with Gasteiger partial charge in [-0.2, -0.15) is 5.10 Å². The first-order valence-corrected chi connectivity index (χ1v) is 9.44. The second-order valence-corrected chi connectivity index (χ2v) is 7.78. The highest BCUT2D eigenvalue weighted by molar-refractivity contribution is 7.15. The Morgan fingerprint density at radius 2 is 2.19 bits per heavy atom. The van der Waals surface area contributed by atoms with Crippen LogP contribution in [0.25, 0.3) is 5.69 Å². The van der Waals surface area contributed by atoms with Gasteiger partial charge in [-0.1, -0.05) is 19.1 Å². The monoisotopic (exact) mass is 370 g/mol. The second-order valence-electron chi connectivity index (χ2n) is 6.70. The standard InChI is InChI=1S/C19H19FN4OS/c1-11-7-8-15-17(9-11)26-19(22-15)23-18(25)13-10-21-24(12(13)2)16-6-4-3-5-14(16)20/h3-6,10-11H,7-9H2,1-2H3,(H,22,23,25). The van der Waals surface area contributed by atoms with Crippen LogP contribution in [0.4, 0.5) is 9.52 Å². The predicted octanol–water partition coefficient (Wildman–Crippen LogP) is 4.15. The van der Waals surface area contributed by atoms with Crippen molar-refractivity contribution in [3.8, 4) is 5.69 Å². The molecular weight excluding hydrogens is 351 g/mol. The summed E-state index contributed by atoms with van der Waals surface area (Å²) < 4.78 is 15.4. The molecule has 1 aliphatic rings. The Morgan fingerprint density at radius 3 is 3.00 bits per heavy atom. The van der Waals surface area contributed by atoms with Gasteiger partial charge in [0.1, 0.15) is 11.5 Å². The van der Waals surface area contributed by atoms with E-state index in [9.17, 15) is 9.18 Å². The molecule has 1 atom stereocenters. The number of aromatic nitrogens is 3. The van der Waals surface area contributed by atoms with Crippen molar-refractivity contribution in [1.82, 2.24) is 14.8 Å². The van der Waals surface area contributed by atoms with Crippen LogP contribution in [0, 0.1) is 18.7 Å². The Bertz CT molecular complexity index is 978. The van der Waals surface area contributed by atoms with E-state index in [1.54, 1.807) is 36.5 Å². The number of anilines is 1. The van der Waals surface area contributed by atoms with Crippen LogP contribution in [0.2, 0.25) is 0 Å². The van der Waals surface area contributed by atoms with E-state index in [4.69, 9.17) is 0 Å². The number of halogens is 1. The lowest BCUT2D eigenvalue weighted by molar-refractivity contribution is 0.102. The average Bonchev–Trinajstić information content (AvgIpc) is 3.18. The van der Waals surface area contributed by atoms with E-state index in [1.807, 2.05) is 0 Å². The van der Waals surface area contributed by atoms with E-state index >= 15 is 0 Å². The number of fused-ring (bicyclic) bond motifs is 1. The van der Waals surface area contributed by atoms with E-state index in [2.05, 4.69) is 22.3 Å². The molecule has 0 radical (unpaired) electrons. The smallest absolute Gasteiger partial charge is 0.260 e. The highest BCUT2D eigenvalue weighted by Gasteiger charge is 2.22. The molecular formula is C19H19FN4OS. The maximum Gasteiger partial charge on any atom is 0.260 e. The lowest BCUT2D eigenvalue weighted by atomic mass is 9.93. The van der Waals surface area contributed by atoms with Gasteiger partial charge in [0.25, 0.3) is 5.91 Å². The number of amides is 1. The van der Waals surface area contributed by atoms with Gasteiger partial charge in [0.2, 0.25) is 0 Å². The van der Waals surface area contributed by atoms with Gasteiger partial charge in [-0.3, -0.25) is 10.1 Å². The van der Waals surface area contributed by atoms with Crippen LogP contribution in [0.15, 0.2) is 30.5 Å². The quantitative estimate of drug-likeness (QED) is 0.753. The molecule has 2 heterocycles. The summed E-state index contributed by atoms with van der Waals surface area (Å²) in [5.41, 5.74) is 2.42. The number of nitrogens with one attached hydrogen (secondary N) is 1. The minimum atomic E-state index is -0.382. The van der Waals surface area contributed by atoms with Crippen LogP contribution < -0.4 is 5.32 Å². The molecule has 5 nitrogen and oxygen atoms in total. The van der Waals surface area contributed by atoms with Crippen molar-refractivity contribution in [2.45, 2.75) is 33.1 Å². The fraction of sp³-hybridized carbons (Fsp3) is 0.316. The first-order chi connectivity index (χ1) is 12.5. The number of thiazole rings is 1. The van der Waals surface area contributed by atoms with E-state index in [0.717, 1.165) is 25.0 Å². The Hall–Kier alpha value is -2.54. The SMILES string of the molecule is Cc1c(C(=O)Nc2nc3c(s2)CC(C)CC3)cnn1-c1ccccc1F. The molecule has 1 unspecified atom stereocenters. The number of para-hydroxylation sites is 1. The third-order valence-corrected chi connectivity index (χ3v) is 5.78. The van der Waals surface area contributed by atoms with Crippen LogP contribution in [0.3, 0.4) is 0 Å².